The van der Waals surface area contributed by atoms with E-state index in [2.05, 4.69) is 26.3 Å². The topological polar surface area (TPSA) is 95.4 Å². The van der Waals surface area contributed by atoms with Gasteiger partial charge in [0.25, 0.3) is 0 Å². The molecule has 1 fully saturated rings. The lowest BCUT2D eigenvalue weighted by Crippen LogP contribution is -2.03. The van der Waals surface area contributed by atoms with Crippen LogP contribution in [0.15, 0.2) is 54.7 Å². The van der Waals surface area contributed by atoms with Gasteiger partial charge in [0, 0.05) is 17.2 Å². The maximum absolute atomic E-state index is 13.6. The number of pyridine rings is 1. The van der Waals surface area contributed by atoms with Crippen LogP contribution in [0.25, 0.3) is 22.6 Å². The molecule has 2 N–H and O–H groups in total. The minimum absolute atomic E-state index is 0.0927. The van der Waals surface area contributed by atoms with Crippen molar-refractivity contribution >= 4 is 5.95 Å². The fraction of sp³-hybridized carbons (Fsp3) is 0.190. The first-order valence-electron chi connectivity index (χ1n) is 9.41. The van der Waals surface area contributed by atoms with Crippen LogP contribution in [0.4, 0.5) is 10.3 Å². The molecule has 0 radical (unpaired) electrons. The largest absolute Gasteiger partial charge is 0.368 e. The molecule has 3 aromatic heterocycles. The third-order valence-corrected chi connectivity index (χ3v) is 4.81. The Morgan fingerprint density at radius 2 is 1.79 bits per heavy atom. The Hall–Kier alpha value is -3.68. The summed E-state index contributed by atoms with van der Waals surface area (Å²) in [6.45, 7) is 0.519. The van der Waals surface area contributed by atoms with Crippen molar-refractivity contribution in [2.45, 2.75) is 25.3 Å². The van der Waals surface area contributed by atoms with Crippen LogP contribution in [0.2, 0.25) is 0 Å². The summed E-state index contributed by atoms with van der Waals surface area (Å²) < 4.78 is 15.3. The quantitative estimate of drug-likeness (QED) is 0.564. The molecule has 0 spiro atoms. The Morgan fingerprint density at radius 1 is 0.966 bits per heavy atom. The van der Waals surface area contributed by atoms with Gasteiger partial charge in [-0.05, 0) is 43.2 Å². The Balaban J connectivity index is 1.42. The number of rotatable bonds is 5. The lowest BCUT2D eigenvalue weighted by atomic mass is 10.1. The highest BCUT2D eigenvalue weighted by Gasteiger charge is 2.24. The minimum atomic E-state index is -0.340. The molecule has 3 heterocycles. The number of aromatic nitrogens is 6. The first-order chi connectivity index (χ1) is 14.1. The van der Waals surface area contributed by atoms with E-state index in [1.807, 2.05) is 12.1 Å². The van der Waals surface area contributed by atoms with E-state index >= 15 is 0 Å². The van der Waals surface area contributed by atoms with Crippen molar-refractivity contribution < 1.29 is 4.39 Å². The average molecular weight is 387 g/mol. The predicted octanol–water partition coefficient (Wildman–Crippen LogP) is 3.44. The number of nitrogens with zero attached hydrogens (tertiary/aromatic N) is 6. The van der Waals surface area contributed by atoms with Gasteiger partial charge in [0.2, 0.25) is 5.95 Å². The number of nitrogen functional groups attached to an aromatic ring is 1. The van der Waals surface area contributed by atoms with Gasteiger partial charge in [-0.1, -0.05) is 23.4 Å². The fourth-order valence-electron chi connectivity index (χ4n) is 3.24. The normalized spacial score (nSPS) is 13.6. The molecule has 1 aromatic carbocycles. The predicted molar refractivity (Wildman–Crippen MR) is 106 cm³/mol. The Labute approximate surface area is 166 Å². The van der Waals surface area contributed by atoms with E-state index in [1.165, 1.54) is 25.0 Å². The van der Waals surface area contributed by atoms with Gasteiger partial charge in [0.05, 0.1) is 29.8 Å². The van der Waals surface area contributed by atoms with Crippen LogP contribution >= 0.6 is 0 Å². The van der Waals surface area contributed by atoms with Crippen LogP contribution in [0.3, 0.4) is 0 Å². The molecule has 0 aliphatic heterocycles. The number of halogens is 1. The third kappa shape index (κ3) is 3.82. The van der Waals surface area contributed by atoms with E-state index in [9.17, 15) is 4.39 Å². The molecule has 7 nitrogen and oxygen atoms in total. The van der Waals surface area contributed by atoms with E-state index < -0.39 is 0 Å². The van der Waals surface area contributed by atoms with Crippen molar-refractivity contribution in [1.29, 1.82) is 0 Å². The van der Waals surface area contributed by atoms with Gasteiger partial charge in [-0.2, -0.15) is 0 Å². The van der Waals surface area contributed by atoms with Crippen LogP contribution in [0.1, 0.15) is 30.1 Å². The van der Waals surface area contributed by atoms with Crippen LogP contribution in [-0.4, -0.2) is 29.9 Å². The highest BCUT2D eigenvalue weighted by molar-refractivity contribution is 5.67. The summed E-state index contributed by atoms with van der Waals surface area (Å²) >= 11 is 0. The Bertz CT molecular complexity index is 1180. The van der Waals surface area contributed by atoms with Crippen LogP contribution < -0.4 is 5.73 Å². The monoisotopic (exact) mass is 387 g/mol. The fourth-order valence-corrected chi connectivity index (χ4v) is 3.24. The highest BCUT2D eigenvalue weighted by atomic mass is 19.1. The molecule has 0 amide bonds. The van der Waals surface area contributed by atoms with Crippen molar-refractivity contribution in [3.63, 3.8) is 0 Å². The molecule has 4 aromatic rings. The second kappa shape index (κ2) is 7.05. The Morgan fingerprint density at radius 3 is 2.62 bits per heavy atom. The summed E-state index contributed by atoms with van der Waals surface area (Å²) in [7, 11) is 0. The summed E-state index contributed by atoms with van der Waals surface area (Å²) in [5.74, 6) is 0.356. The van der Waals surface area contributed by atoms with Crippen LogP contribution in [-0.2, 0) is 6.54 Å². The molecule has 0 atom stereocenters. The van der Waals surface area contributed by atoms with Gasteiger partial charge < -0.3 is 5.73 Å². The van der Waals surface area contributed by atoms with Gasteiger partial charge in [-0.25, -0.2) is 19.0 Å². The first-order valence-corrected chi connectivity index (χ1v) is 9.41. The summed E-state index contributed by atoms with van der Waals surface area (Å²) in [5.41, 5.74) is 10.2. The van der Waals surface area contributed by atoms with Gasteiger partial charge in [0.1, 0.15) is 11.5 Å². The van der Waals surface area contributed by atoms with E-state index in [0.29, 0.717) is 35.1 Å². The zero-order chi connectivity index (χ0) is 19.8. The molecule has 5 rings (SSSR count). The molecule has 0 bridgehead atoms. The molecular formula is C21H18FN7. The second-order valence-electron chi connectivity index (χ2n) is 7.14. The summed E-state index contributed by atoms with van der Waals surface area (Å²) in [6.07, 6.45) is 4.22. The van der Waals surface area contributed by atoms with Gasteiger partial charge in [-0.15, -0.1) is 5.10 Å². The minimum Gasteiger partial charge on any atom is -0.368 e. The third-order valence-electron chi connectivity index (χ3n) is 4.81. The lowest BCUT2D eigenvalue weighted by molar-refractivity contribution is 0.628. The number of benzene rings is 1. The molecule has 0 saturated heterocycles. The van der Waals surface area contributed by atoms with E-state index in [1.54, 1.807) is 29.1 Å². The number of hydrogen-bond acceptors (Lipinski definition) is 6. The molecular weight excluding hydrogens is 369 g/mol. The number of nitrogens with two attached hydrogens (primary N) is 1. The van der Waals surface area contributed by atoms with Crippen molar-refractivity contribution in [2.75, 3.05) is 5.73 Å². The smallest absolute Gasteiger partial charge is 0.221 e. The molecule has 8 heteroatoms. The molecule has 144 valence electrons. The highest BCUT2D eigenvalue weighted by Crippen LogP contribution is 2.38. The summed E-state index contributed by atoms with van der Waals surface area (Å²) in [6, 6.07) is 14.0. The van der Waals surface area contributed by atoms with Crippen molar-refractivity contribution in [3.05, 3.63) is 71.9 Å². The zero-order valence-electron chi connectivity index (χ0n) is 15.5. The van der Waals surface area contributed by atoms with Gasteiger partial charge in [0.15, 0.2) is 0 Å². The van der Waals surface area contributed by atoms with Crippen LogP contribution in [0.5, 0.6) is 0 Å². The Kier molecular flexibility index (Phi) is 4.23. The van der Waals surface area contributed by atoms with E-state index in [4.69, 9.17) is 10.7 Å². The first kappa shape index (κ1) is 17.4. The van der Waals surface area contributed by atoms with Crippen molar-refractivity contribution in [3.8, 4) is 22.6 Å². The lowest BCUT2D eigenvalue weighted by Gasteiger charge is -2.05. The molecule has 1 aliphatic carbocycles. The van der Waals surface area contributed by atoms with Gasteiger partial charge >= 0.3 is 0 Å². The van der Waals surface area contributed by atoms with Gasteiger partial charge in [-0.3, -0.25) is 4.98 Å². The molecule has 0 unspecified atom stereocenters. The average Bonchev–Trinajstić information content (AvgIpc) is 3.47. The summed E-state index contributed by atoms with van der Waals surface area (Å²) in [4.78, 5) is 13.2. The maximum atomic E-state index is 13.6. The molecule has 29 heavy (non-hydrogen) atoms. The summed E-state index contributed by atoms with van der Waals surface area (Å²) in [5, 5.41) is 8.40. The van der Waals surface area contributed by atoms with Crippen molar-refractivity contribution in [1.82, 2.24) is 29.9 Å². The number of anilines is 1. The van der Waals surface area contributed by atoms with Crippen molar-refractivity contribution in [2.24, 2.45) is 0 Å². The SMILES string of the molecule is Nc1nc(-c2cccc(F)c2)cc(-c2cn(Cc3cccc(C4CC4)n3)nn2)n1. The second-order valence-corrected chi connectivity index (χ2v) is 7.14. The maximum Gasteiger partial charge on any atom is 0.221 e. The standard InChI is InChI=1S/C21H18FN7/c22-15-4-1-3-14(9-15)18-10-19(26-21(23)25-18)20-12-29(28-27-20)11-16-5-2-6-17(24-16)13-7-8-13/h1-6,9-10,12-13H,7-8,11H2,(H2,23,25,26). The number of hydrogen-bond donors (Lipinski definition) is 1. The van der Waals surface area contributed by atoms with Crippen LogP contribution in [0, 0.1) is 5.82 Å². The van der Waals surface area contributed by atoms with E-state index in [-0.39, 0.29) is 11.8 Å². The molecule has 1 saturated carbocycles. The van der Waals surface area contributed by atoms with E-state index in [0.717, 1.165) is 11.4 Å². The zero-order valence-corrected chi connectivity index (χ0v) is 15.5. The molecule has 1 aliphatic rings.